The minimum Gasteiger partial charge on any atom is -0.504 e. The van der Waals surface area contributed by atoms with Crippen LogP contribution in [0, 0.1) is 0 Å². The maximum atomic E-state index is 11.0. The van der Waals surface area contributed by atoms with Gasteiger partial charge in [-0.1, -0.05) is 12.1 Å². The Hall–Kier alpha value is -1.02. The second-order valence-corrected chi connectivity index (χ2v) is 3.19. The standard InChI is InChI=1S/C9H9ClO2/c1-6(10)7-3-2-4-8(11)9(12)5-7/h2-6H,1H3,(H,11,12). The maximum absolute atomic E-state index is 11.0. The van der Waals surface area contributed by atoms with E-state index in [4.69, 9.17) is 16.7 Å². The highest BCUT2D eigenvalue weighted by Crippen LogP contribution is 2.17. The van der Waals surface area contributed by atoms with Crippen molar-refractivity contribution in [2.45, 2.75) is 12.3 Å². The van der Waals surface area contributed by atoms with Crippen LogP contribution in [0.1, 0.15) is 17.9 Å². The summed E-state index contributed by atoms with van der Waals surface area (Å²) >= 11 is 5.77. The molecule has 0 aromatic heterocycles. The van der Waals surface area contributed by atoms with Gasteiger partial charge in [0.1, 0.15) is 0 Å². The van der Waals surface area contributed by atoms with Crippen molar-refractivity contribution in [1.29, 1.82) is 0 Å². The third-order valence-corrected chi connectivity index (χ3v) is 1.80. The Morgan fingerprint density at radius 1 is 1.50 bits per heavy atom. The molecule has 0 heterocycles. The number of halogens is 1. The van der Waals surface area contributed by atoms with E-state index < -0.39 is 5.43 Å². The van der Waals surface area contributed by atoms with Crippen LogP contribution in [0.5, 0.6) is 5.75 Å². The lowest BCUT2D eigenvalue weighted by Gasteiger charge is -1.96. The average molecular weight is 185 g/mol. The van der Waals surface area contributed by atoms with Gasteiger partial charge in [0.2, 0.25) is 5.43 Å². The molecule has 0 aliphatic heterocycles. The molecule has 0 amide bonds. The summed E-state index contributed by atoms with van der Waals surface area (Å²) in [6, 6.07) is 6.00. The van der Waals surface area contributed by atoms with Gasteiger partial charge in [-0.15, -0.1) is 11.6 Å². The third kappa shape index (κ3) is 1.98. The molecule has 0 fully saturated rings. The van der Waals surface area contributed by atoms with Crippen LogP contribution in [0.3, 0.4) is 0 Å². The predicted molar refractivity (Wildman–Crippen MR) is 48.6 cm³/mol. The quantitative estimate of drug-likeness (QED) is 0.679. The van der Waals surface area contributed by atoms with Gasteiger partial charge in [0.15, 0.2) is 5.75 Å². The molecule has 1 N–H and O–H groups in total. The SMILES string of the molecule is CC(Cl)c1cccc(O)c(=O)c1. The lowest BCUT2D eigenvalue weighted by molar-refractivity contribution is 0.471. The Morgan fingerprint density at radius 2 is 2.17 bits per heavy atom. The Kier molecular flexibility index (Phi) is 2.71. The number of alkyl halides is 1. The molecular formula is C9H9ClO2. The van der Waals surface area contributed by atoms with Gasteiger partial charge >= 0.3 is 0 Å². The molecule has 1 aromatic carbocycles. The van der Waals surface area contributed by atoms with Crippen LogP contribution in [0.15, 0.2) is 29.1 Å². The highest BCUT2D eigenvalue weighted by molar-refractivity contribution is 6.20. The van der Waals surface area contributed by atoms with Gasteiger partial charge in [-0.3, -0.25) is 4.79 Å². The van der Waals surface area contributed by atoms with E-state index in [1.165, 1.54) is 12.1 Å². The van der Waals surface area contributed by atoms with Crippen LogP contribution in [-0.4, -0.2) is 5.11 Å². The summed E-state index contributed by atoms with van der Waals surface area (Å²) in [6.07, 6.45) is 0. The third-order valence-electron chi connectivity index (χ3n) is 1.55. The van der Waals surface area contributed by atoms with Gasteiger partial charge in [0.05, 0.1) is 5.38 Å². The molecule has 0 saturated heterocycles. The molecule has 1 atom stereocenters. The monoisotopic (exact) mass is 184 g/mol. The van der Waals surface area contributed by atoms with E-state index in [0.717, 1.165) is 0 Å². The van der Waals surface area contributed by atoms with Crippen LogP contribution in [0.2, 0.25) is 0 Å². The Labute approximate surface area is 75.4 Å². The first-order valence-corrected chi connectivity index (χ1v) is 4.02. The summed E-state index contributed by atoms with van der Waals surface area (Å²) in [6.45, 7) is 1.77. The van der Waals surface area contributed by atoms with E-state index >= 15 is 0 Å². The normalized spacial score (nSPS) is 12.5. The summed E-state index contributed by atoms with van der Waals surface area (Å²) in [5.74, 6) is -0.251. The summed E-state index contributed by atoms with van der Waals surface area (Å²) in [7, 11) is 0. The van der Waals surface area contributed by atoms with Crippen molar-refractivity contribution in [3.63, 3.8) is 0 Å². The minimum absolute atomic E-state index is 0.218. The van der Waals surface area contributed by atoms with Crippen LogP contribution < -0.4 is 5.43 Å². The van der Waals surface area contributed by atoms with Crippen molar-refractivity contribution in [3.05, 3.63) is 40.1 Å². The Bertz CT molecular complexity index is 334. The van der Waals surface area contributed by atoms with E-state index in [9.17, 15) is 4.79 Å². The molecule has 3 heteroatoms. The lowest BCUT2D eigenvalue weighted by atomic mass is 10.2. The molecule has 1 rings (SSSR count). The molecule has 0 bridgehead atoms. The molecule has 2 nitrogen and oxygen atoms in total. The molecule has 1 unspecified atom stereocenters. The van der Waals surface area contributed by atoms with E-state index in [-0.39, 0.29) is 11.1 Å². The number of hydrogen-bond acceptors (Lipinski definition) is 2. The second kappa shape index (κ2) is 3.59. The molecule has 0 radical (unpaired) electrons. The Balaban J connectivity index is 3.32. The molecule has 1 aromatic rings. The van der Waals surface area contributed by atoms with E-state index in [1.807, 2.05) is 0 Å². The van der Waals surface area contributed by atoms with Crippen molar-refractivity contribution in [2.24, 2.45) is 0 Å². The van der Waals surface area contributed by atoms with Gasteiger partial charge < -0.3 is 5.11 Å². The van der Waals surface area contributed by atoms with Gasteiger partial charge in [-0.25, -0.2) is 0 Å². The summed E-state index contributed by atoms with van der Waals surface area (Å²) in [4.78, 5) is 11.0. The van der Waals surface area contributed by atoms with Crippen LogP contribution in [-0.2, 0) is 0 Å². The van der Waals surface area contributed by atoms with Crippen LogP contribution in [0.4, 0.5) is 0 Å². The molecule has 0 spiro atoms. The van der Waals surface area contributed by atoms with Gasteiger partial charge in [0, 0.05) is 0 Å². The highest BCUT2D eigenvalue weighted by atomic mass is 35.5. The first kappa shape index (κ1) is 9.07. The van der Waals surface area contributed by atoms with Crippen molar-refractivity contribution >= 4 is 11.6 Å². The molecule has 64 valence electrons. The predicted octanol–water partition coefficient (Wildman–Crippen LogP) is 2.05. The molecule has 12 heavy (non-hydrogen) atoms. The van der Waals surface area contributed by atoms with Crippen molar-refractivity contribution in [2.75, 3.05) is 0 Å². The topological polar surface area (TPSA) is 37.3 Å². The van der Waals surface area contributed by atoms with E-state index in [0.29, 0.717) is 5.56 Å². The lowest BCUT2D eigenvalue weighted by Crippen LogP contribution is -1.95. The summed E-state index contributed by atoms with van der Waals surface area (Å²) in [5, 5.41) is 8.81. The highest BCUT2D eigenvalue weighted by Gasteiger charge is 2.01. The molecule has 0 saturated carbocycles. The fourth-order valence-electron chi connectivity index (χ4n) is 0.853. The zero-order chi connectivity index (χ0) is 9.14. The van der Waals surface area contributed by atoms with Gasteiger partial charge in [-0.05, 0) is 24.6 Å². The fraction of sp³-hybridized carbons (Fsp3) is 0.222. The van der Waals surface area contributed by atoms with E-state index in [2.05, 4.69) is 0 Å². The second-order valence-electron chi connectivity index (χ2n) is 2.54. The first-order chi connectivity index (χ1) is 5.61. The summed E-state index contributed by atoms with van der Waals surface area (Å²) < 4.78 is 0. The maximum Gasteiger partial charge on any atom is 0.220 e. The fourth-order valence-corrected chi connectivity index (χ4v) is 0.989. The van der Waals surface area contributed by atoms with E-state index in [1.54, 1.807) is 19.1 Å². The van der Waals surface area contributed by atoms with Gasteiger partial charge in [-0.2, -0.15) is 0 Å². The number of rotatable bonds is 1. The Morgan fingerprint density at radius 3 is 2.75 bits per heavy atom. The largest absolute Gasteiger partial charge is 0.504 e. The first-order valence-electron chi connectivity index (χ1n) is 3.58. The smallest absolute Gasteiger partial charge is 0.220 e. The van der Waals surface area contributed by atoms with Crippen LogP contribution >= 0.6 is 11.6 Å². The van der Waals surface area contributed by atoms with Crippen molar-refractivity contribution < 1.29 is 5.11 Å². The molecular weight excluding hydrogens is 176 g/mol. The van der Waals surface area contributed by atoms with Gasteiger partial charge in [0.25, 0.3) is 0 Å². The van der Waals surface area contributed by atoms with Crippen molar-refractivity contribution in [1.82, 2.24) is 0 Å². The molecule has 0 aliphatic rings. The van der Waals surface area contributed by atoms with Crippen LogP contribution in [0.25, 0.3) is 0 Å². The zero-order valence-electron chi connectivity index (χ0n) is 6.62. The van der Waals surface area contributed by atoms with Crippen molar-refractivity contribution in [3.8, 4) is 5.75 Å². The summed E-state index contributed by atoms with van der Waals surface area (Å²) in [5.41, 5.74) is 0.310. The molecule has 0 aliphatic carbocycles. The minimum atomic E-state index is -0.400. The average Bonchev–Trinajstić information content (AvgIpc) is 2.15. The zero-order valence-corrected chi connectivity index (χ0v) is 7.38. The number of aromatic hydroxyl groups is 1. The number of hydrogen-bond donors (Lipinski definition) is 1.